The van der Waals surface area contributed by atoms with Crippen LogP contribution in [-0.4, -0.2) is 48.9 Å². The van der Waals surface area contributed by atoms with E-state index in [1.165, 1.54) is 5.01 Å². The molecule has 2 aromatic carbocycles. The fourth-order valence-corrected chi connectivity index (χ4v) is 3.86. The zero-order valence-corrected chi connectivity index (χ0v) is 17.6. The first-order valence-corrected chi connectivity index (χ1v) is 10.2. The lowest BCUT2D eigenvalue weighted by Gasteiger charge is -2.22. The summed E-state index contributed by atoms with van der Waals surface area (Å²) in [5, 5.41) is 18.0. The summed E-state index contributed by atoms with van der Waals surface area (Å²) in [7, 11) is 1.59. The molecule has 5 rings (SSSR count). The topological polar surface area (TPSA) is 138 Å². The number of benzene rings is 2. The molecule has 1 amide bonds. The minimum Gasteiger partial charge on any atom is -0.497 e. The van der Waals surface area contributed by atoms with Gasteiger partial charge in [-0.15, -0.1) is 5.10 Å². The Labute approximate surface area is 186 Å². The molecule has 0 unspecified atom stereocenters. The predicted octanol–water partition coefficient (Wildman–Crippen LogP) is 1.19. The van der Waals surface area contributed by atoms with Crippen molar-refractivity contribution in [3.63, 3.8) is 0 Å². The second-order valence-electron chi connectivity index (χ2n) is 7.50. The Morgan fingerprint density at radius 3 is 2.52 bits per heavy atom. The number of hydrogen-bond donors (Lipinski definition) is 2. The first kappa shape index (κ1) is 20.4. The lowest BCUT2D eigenvalue weighted by molar-refractivity contribution is -0.133. The summed E-state index contributed by atoms with van der Waals surface area (Å²) in [5.74, 6) is 0.311. The first-order chi connectivity index (χ1) is 16.0. The number of carbonyl (C=O) groups is 1. The van der Waals surface area contributed by atoms with E-state index in [1.807, 2.05) is 54.6 Å². The number of aromatic amines is 2. The van der Waals surface area contributed by atoms with Crippen molar-refractivity contribution in [1.82, 2.24) is 30.2 Å². The van der Waals surface area contributed by atoms with Crippen LogP contribution in [0.5, 0.6) is 5.75 Å². The Morgan fingerprint density at radius 1 is 1.06 bits per heavy atom. The maximum Gasteiger partial charge on any atom is 0.292 e. The monoisotopic (exact) mass is 445 g/mol. The molecule has 0 saturated carbocycles. The number of rotatable bonds is 5. The highest BCUT2D eigenvalue weighted by Gasteiger charge is 2.33. The van der Waals surface area contributed by atoms with Crippen LogP contribution in [0.4, 0.5) is 0 Å². The van der Waals surface area contributed by atoms with Crippen LogP contribution in [0.3, 0.4) is 0 Å². The maximum atomic E-state index is 13.3. The smallest absolute Gasteiger partial charge is 0.292 e. The van der Waals surface area contributed by atoms with Gasteiger partial charge in [0.1, 0.15) is 12.3 Å². The molecule has 0 fully saturated rings. The van der Waals surface area contributed by atoms with Crippen molar-refractivity contribution in [3.8, 4) is 5.75 Å². The van der Waals surface area contributed by atoms with Crippen LogP contribution in [0.15, 0.2) is 69.3 Å². The van der Waals surface area contributed by atoms with Crippen LogP contribution in [0, 0.1) is 0 Å². The van der Waals surface area contributed by atoms with Gasteiger partial charge in [-0.25, -0.2) is 9.69 Å². The lowest BCUT2D eigenvalue weighted by Crippen LogP contribution is -2.31. The fraction of sp³-hybridized carbons (Fsp3) is 0.182. The number of amides is 1. The standard InChI is InChI=1S/C22H19N7O4/c1-33-15-9-7-14(8-10-15)17-11-16(13-5-3-2-4-6-13)26-29(17)18(30)12-28-20-19(23-27-28)21(31)24-25-22(20)32/h2-10,17H,11-12H2,1H3,(H,24,31)(H,25,32)/t17-/m1/s1. The molecule has 0 aliphatic carbocycles. The number of hydrazone groups is 1. The first-order valence-electron chi connectivity index (χ1n) is 10.2. The number of nitrogens with one attached hydrogen (secondary N) is 2. The van der Waals surface area contributed by atoms with Crippen molar-refractivity contribution in [2.24, 2.45) is 5.10 Å². The highest BCUT2D eigenvalue weighted by molar-refractivity contribution is 6.03. The van der Waals surface area contributed by atoms with Crippen LogP contribution >= 0.6 is 0 Å². The predicted molar refractivity (Wildman–Crippen MR) is 119 cm³/mol. The van der Waals surface area contributed by atoms with E-state index in [2.05, 4.69) is 25.6 Å². The summed E-state index contributed by atoms with van der Waals surface area (Å²) < 4.78 is 6.36. The molecule has 3 heterocycles. The third-order valence-corrected chi connectivity index (χ3v) is 5.51. The number of methoxy groups -OCH3 is 1. The highest BCUT2D eigenvalue weighted by Crippen LogP contribution is 2.33. The van der Waals surface area contributed by atoms with Gasteiger partial charge in [-0.05, 0) is 23.3 Å². The summed E-state index contributed by atoms with van der Waals surface area (Å²) >= 11 is 0. The van der Waals surface area contributed by atoms with Gasteiger partial charge in [-0.2, -0.15) is 5.10 Å². The molecule has 4 aromatic rings. The molecule has 0 saturated heterocycles. The van der Waals surface area contributed by atoms with E-state index in [0.717, 1.165) is 21.5 Å². The molecule has 11 nitrogen and oxygen atoms in total. The fourth-order valence-electron chi connectivity index (χ4n) is 3.86. The SMILES string of the molecule is COc1ccc([C@H]2CC(c3ccccc3)=NN2C(=O)Cn2nnc3c(=O)[nH][nH]c(=O)c32)cc1. The summed E-state index contributed by atoms with van der Waals surface area (Å²) in [6.45, 7) is -0.304. The maximum absolute atomic E-state index is 13.3. The second kappa shape index (κ2) is 8.19. The number of nitrogens with zero attached hydrogens (tertiary/aromatic N) is 5. The second-order valence-corrected chi connectivity index (χ2v) is 7.50. The number of hydrogen-bond acceptors (Lipinski definition) is 7. The van der Waals surface area contributed by atoms with E-state index in [4.69, 9.17) is 4.74 Å². The van der Waals surface area contributed by atoms with E-state index in [1.54, 1.807) is 7.11 Å². The molecule has 1 aliphatic rings. The Morgan fingerprint density at radius 2 is 1.79 bits per heavy atom. The van der Waals surface area contributed by atoms with E-state index in [0.29, 0.717) is 12.2 Å². The van der Waals surface area contributed by atoms with Gasteiger partial charge < -0.3 is 4.74 Å². The molecule has 2 aromatic heterocycles. The number of ether oxygens (including phenoxy) is 1. The number of H-pyrrole nitrogens is 2. The van der Waals surface area contributed by atoms with Gasteiger partial charge in [0.15, 0.2) is 11.0 Å². The molecule has 33 heavy (non-hydrogen) atoms. The number of carbonyl (C=O) groups excluding carboxylic acids is 1. The van der Waals surface area contributed by atoms with Gasteiger partial charge in [-0.1, -0.05) is 47.7 Å². The summed E-state index contributed by atoms with van der Waals surface area (Å²) in [4.78, 5) is 37.5. The molecule has 0 spiro atoms. The number of aromatic nitrogens is 5. The van der Waals surface area contributed by atoms with Gasteiger partial charge in [0.25, 0.3) is 17.0 Å². The third kappa shape index (κ3) is 3.69. The summed E-state index contributed by atoms with van der Waals surface area (Å²) in [6.07, 6.45) is 0.514. The van der Waals surface area contributed by atoms with Crippen LogP contribution in [0.2, 0.25) is 0 Å². The average molecular weight is 445 g/mol. The van der Waals surface area contributed by atoms with Crippen molar-refractivity contribution in [2.45, 2.75) is 19.0 Å². The molecule has 1 aliphatic heterocycles. The van der Waals surface area contributed by atoms with Gasteiger partial charge in [0, 0.05) is 6.42 Å². The molecule has 0 radical (unpaired) electrons. The van der Waals surface area contributed by atoms with E-state index in [9.17, 15) is 14.4 Å². The number of fused-ring (bicyclic) bond motifs is 1. The van der Waals surface area contributed by atoms with E-state index < -0.39 is 17.0 Å². The van der Waals surface area contributed by atoms with E-state index in [-0.39, 0.29) is 23.6 Å². The van der Waals surface area contributed by atoms with Crippen LogP contribution in [0.1, 0.15) is 23.6 Å². The lowest BCUT2D eigenvalue weighted by atomic mass is 9.98. The third-order valence-electron chi connectivity index (χ3n) is 5.51. The summed E-state index contributed by atoms with van der Waals surface area (Å²) in [5.41, 5.74) is 1.18. The zero-order chi connectivity index (χ0) is 22.9. The van der Waals surface area contributed by atoms with Crippen molar-refractivity contribution in [2.75, 3.05) is 7.11 Å². The molecular weight excluding hydrogens is 426 g/mol. The Bertz CT molecular complexity index is 1470. The molecule has 2 N–H and O–H groups in total. The molecule has 0 bridgehead atoms. The Balaban J connectivity index is 1.51. The van der Waals surface area contributed by atoms with Gasteiger partial charge >= 0.3 is 0 Å². The Hall–Kier alpha value is -4.54. The minimum absolute atomic E-state index is 0.0699. The van der Waals surface area contributed by atoms with Crippen molar-refractivity contribution < 1.29 is 9.53 Å². The molecule has 11 heteroatoms. The minimum atomic E-state index is -0.594. The van der Waals surface area contributed by atoms with Gasteiger partial charge in [0.05, 0.1) is 18.9 Å². The average Bonchev–Trinajstić information content (AvgIpc) is 3.48. The van der Waals surface area contributed by atoms with Gasteiger partial charge in [0.2, 0.25) is 0 Å². The molecule has 166 valence electrons. The van der Waals surface area contributed by atoms with Crippen LogP contribution in [0.25, 0.3) is 11.0 Å². The van der Waals surface area contributed by atoms with Crippen molar-refractivity contribution >= 4 is 22.7 Å². The van der Waals surface area contributed by atoms with E-state index >= 15 is 0 Å². The zero-order valence-electron chi connectivity index (χ0n) is 17.6. The molecular formula is C22H19N7O4. The van der Waals surface area contributed by atoms with Crippen molar-refractivity contribution in [1.29, 1.82) is 0 Å². The quantitative estimate of drug-likeness (QED) is 0.473. The van der Waals surface area contributed by atoms with Gasteiger partial charge in [-0.3, -0.25) is 24.6 Å². The normalized spacial score (nSPS) is 15.6. The highest BCUT2D eigenvalue weighted by atomic mass is 16.5. The molecule has 1 atom stereocenters. The van der Waals surface area contributed by atoms with Crippen LogP contribution < -0.4 is 15.9 Å². The van der Waals surface area contributed by atoms with Crippen LogP contribution in [-0.2, 0) is 11.3 Å². The Kier molecular flexibility index (Phi) is 5.05. The van der Waals surface area contributed by atoms with Crippen molar-refractivity contribution in [3.05, 3.63) is 86.4 Å². The summed E-state index contributed by atoms with van der Waals surface area (Å²) in [6, 6.07) is 16.7. The largest absolute Gasteiger partial charge is 0.497 e.